The summed E-state index contributed by atoms with van der Waals surface area (Å²) in [6.07, 6.45) is 0.0613. The Balaban J connectivity index is 4.25. The summed E-state index contributed by atoms with van der Waals surface area (Å²) >= 11 is 0. The third-order valence-corrected chi connectivity index (χ3v) is 1.66. The zero-order valence-corrected chi connectivity index (χ0v) is 11.0. The lowest BCUT2D eigenvalue weighted by Gasteiger charge is -2.24. The quantitative estimate of drug-likeness (QED) is 0.787. The topological polar surface area (TPSA) is 62.1 Å². The molecule has 0 rings (SSSR count). The molecule has 0 aliphatic rings. The van der Waals surface area contributed by atoms with E-state index in [0.717, 1.165) is 0 Å². The SMILES string of the molecule is CC(C)(C)CC(C#N)NC(=O)OC(C)(C)C. The number of amides is 1. The number of nitriles is 1. The lowest BCUT2D eigenvalue weighted by molar-refractivity contribution is 0.0507. The van der Waals surface area contributed by atoms with Crippen LogP contribution in [-0.4, -0.2) is 17.7 Å². The van der Waals surface area contributed by atoms with Crippen molar-refractivity contribution in [2.45, 2.75) is 59.6 Å². The van der Waals surface area contributed by atoms with Gasteiger partial charge in [0.15, 0.2) is 0 Å². The largest absolute Gasteiger partial charge is 0.444 e. The second kappa shape index (κ2) is 5.20. The molecule has 0 aromatic rings. The Morgan fingerprint density at radius 1 is 1.31 bits per heavy atom. The van der Waals surface area contributed by atoms with E-state index >= 15 is 0 Å². The third kappa shape index (κ3) is 8.10. The van der Waals surface area contributed by atoms with Gasteiger partial charge in [-0.1, -0.05) is 20.8 Å². The van der Waals surface area contributed by atoms with Gasteiger partial charge in [0, 0.05) is 0 Å². The fraction of sp³-hybridized carbons (Fsp3) is 0.833. The first-order chi connectivity index (χ1) is 7.03. The maximum absolute atomic E-state index is 11.4. The molecular formula is C12H22N2O2. The molecule has 4 heteroatoms. The van der Waals surface area contributed by atoms with Gasteiger partial charge in [0.1, 0.15) is 11.6 Å². The van der Waals surface area contributed by atoms with Gasteiger partial charge in [-0.25, -0.2) is 4.79 Å². The highest BCUT2D eigenvalue weighted by molar-refractivity contribution is 5.68. The van der Waals surface area contributed by atoms with E-state index in [1.165, 1.54) is 0 Å². The molecule has 0 aliphatic heterocycles. The van der Waals surface area contributed by atoms with Crippen LogP contribution in [0.1, 0.15) is 48.0 Å². The van der Waals surface area contributed by atoms with Gasteiger partial charge in [-0.05, 0) is 32.6 Å². The van der Waals surface area contributed by atoms with Crippen LogP contribution in [0, 0.1) is 16.7 Å². The monoisotopic (exact) mass is 226 g/mol. The van der Waals surface area contributed by atoms with Crippen molar-refractivity contribution in [2.24, 2.45) is 5.41 Å². The smallest absolute Gasteiger partial charge is 0.408 e. The Labute approximate surface area is 98.0 Å². The highest BCUT2D eigenvalue weighted by atomic mass is 16.6. The van der Waals surface area contributed by atoms with Gasteiger partial charge >= 0.3 is 6.09 Å². The number of carbonyl (C=O) groups excluding carboxylic acids is 1. The molecule has 0 aromatic heterocycles. The van der Waals surface area contributed by atoms with E-state index in [1.807, 2.05) is 20.8 Å². The standard InChI is InChI=1S/C12H22N2O2/c1-11(2,3)7-9(8-13)14-10(15)16-12(4,5)6/h9H,7H2,1-6H3,(H,14,15). The maximum Gasteiger partial charge on any atom is 0.408 e. The lowest BCUT2D eigenvalue weighted by atomic mass is 9.88. The van der Waals surface area contributed by atoms with Crippen molar-refractivity contribution in [2.75, 3.05) is 0 Å². The number of alkyl carbamates (subject to hydrolysis) is 1. The number of hydrogen-bond acceptors (Lipinski definition) is 3. The molecule has 16 heavy (non-hydrogen) atoms. The summed E-state index contributed by atoms with van der Waals surface area (Å²) in [5.41, 5.74) is -0.540. The van der Waals surface area contributed by atoms with Crippen molar-refractivity contribution >= 4 is 6.09 Å². The summed E-state index contributed by atoms with van der Waals surface area (Å²) in [4.78, 5) is 11.4. The molecule has 0 fully saturated rings. The van der Waals surface area contributed by atoms with Crippen LogP contribution in [0.2, 0.25) is 0 Å². The minimum absolute atomic E-state index is 0.00455. The fourth-order valence-corrected chi connectivity index (χ4v) is 1.19. The Morgan fingerprint density at radius 2 is 1.81 bits per heavy atom. The van der Waals surface area contributed by atoms with E-state index in [0.29, 0.717) is 6.42 Å². The van der Waals surface area contributed by atoms with Crippen LogP contribution in [-0.2, 0) is 4.74 Å². The Kier molecular flexibility index (Phi) is 4.80. The molecule has 1 N–H and O–H groups in total. The normalized spacial score (nSPS) is 13.8. The van der Waals surface area contributed by atoms with Gasteiger partial charge < -0.3 is 10.1 Å². The van der Waals surface area contributed by atoms with Crippen molar-refractivity contribution < 1.29 is 9.53 Å². The second-order valence-corrected chi connectivity index (χ2v) is 6.09. The van der Waals surface area contributed by atoms with Gasteiger partial charge in [0.25, 0.3) is 0 Å². The molecule has 1 atom stereocenters. The average molecular weight is 226 g/mol. The zero-order valence-electron chi connectivity index (χ0n) is 11.0. The van der Waals surface area contributed by atoms with Crippen LogP contribution < -0.4 is 5.32 Å². The molecule has 0 aromatic carbocycles. The van der Waals surface area contributed by atoms with Gasteiger partial charge in [-0.15, -0.1) is 0 Å². The van der Waals surface area contributed by atoms with E-state index < -0.39 is 17.7 Å². The molecule has 0 saturated carbocycles. The second-order valence-electron chi connectivity index (χ2n) is 6.09. The summed E-state index contributed by atoms with van der Waals surface area (Å²) in [6, 6.07) is 1.56. The van der Waals surface area contributed by atoms with Crippen molar-refractivity contribution in [3.05, 3.63) is 0 Å². The van der Waals surface area contributed by atoms with E-state index in [-0.39, 0.29) is 5.41 Å². The van der Waals surface area contributed by atoms with Crippen LogP contribution in [0.15, 0.2) is 0 Å². The Bertz CT molecular complexity index is 279. The Hall–Kier alpha value is -1.24. The minimum atomic E-state index is -0.539. The molecule has 0 heterocycles. The van der Waals surface area contributed by atoms with Crippen LogP contribution in [0.4, 0.5) is 4.79 Å². The molecule has 0 spiro atoms. The average Bonchev–Trinajstić information content (AvgIpc) is 1.96. The van der Waals surface area contributed by atoms with E-state index in [2.05, 4.69) is 11.4 Å². The zero-order chi connectivity index (χ0) is 13.0. The predicted molar refractivity (Wildman–Crippen MR) is 62.8 cm³/mol. The number of nitrogens with one attached hydrogen (secondary N) is 1. The highest BCUT2D eigenvalue weighted by Crippen LogP contribution is 2.20. The first-order valence-corrected chi connectivity index (χ1v) is 5.43. The molecule has 0 bridgehead atoms. The van der Waals surface area contributed by atoms with Crippen LogP contribution >= 0.6 is 0 Å². The number of rotatable bonds is 2. The van der Waals surface area contributed by atoms with E-state index in [1.54, 1.807) is 20.8 Å². The molecule has 92 valence electrons. The summed E-state index contributed by atoms with van der Waals surface area (Å²) in [5.74, 6) is 0. The summed E-state index contributed by atoms with van der Waals surface area (Å²) in [6.45, 7) is 11.4. The van der Waals surface area contributed by atoms with Gasteiger partial charge in [0.05, 0.1) is 6.07 Å². The first kappa shape index (κ1) is 14.8. The maximum atomic E-state index is 11.4. The van der Waals surface area contributed by atoms with Crippen LogP contribution in [0.5, 0.6) is 0 Å². The molecule has 4 nitrogen and oxygen atoms in total. The molecule has 1 amide bonds. The number of carbonyl (C=O) groups is 1. The molecular weight excluding hydrogens is 204 g/mol. The van der Waals surface area contributed by atoms with Crippen molar-refractivity contribution in [3.63, 3.8) is 0 Å². The molecule has 0 aliphatic carbocycles. The lowest BCUT2D eigenvalue weighted by Crippen LogP contribution is -2.40. The number of nitrogens with zero attached hydrogens (tertiary/aromatic N) is 1. The molecule has 0 saturated heterocycles. The van der Waals surface area contributed by atoms with Crippen LogP contribution in [0.25, 0.3) is 0 Å². The first-order valence-electron chi connectivity index (χ1n) is 5.43. The van der Waals surface area contributed by atoms with Crippen molar-refractivity contribution in [3.8, 4) is 6.07 Å². The van der Waals surface area contributed by atoms with Crippen molar-refractivity contribution in [1.82, 2.24) is 5.32 Å². The summed E-state index contributed by atoms with van der Waals surface area (Å²) in [7, 11) is 0. The predicted octanol–water partition coefficient (Wildman–Crippen LogP) is 2.84. The van der Waals surface area contributed by atoms with Crippen molar-refractivity contribution in [1.29, 1.82) is 5.26 Å². The number of hydrogen-bond donors (Lipinski definition) is 1. The minimum Gasteiger partial charge on any atom is -0.444 e. The summed E-state index contributed by atoms with van der Waals surface area (Å²) in [5, 5.41) is 11.5. The summed E-state index contributed by atoms with van der Waals surface area (Å²) < 4.78 is 5.08. The highest BCUT2D eigenvalue weighted by Gasteiger charge is 2.23. The van der Waals surface area contributed by atoms with E-state index in [9.17, 15) is 4.79 Å². The Morgan fingerprint density at radius 3 is 2.12 bits per heavy atom. The fourth-order valence-electron chi connectivity index (χ4n) is 1.19. The van der Waals surface area contributed by atoms with Gasteiger partial charge in [-0.3, -0.25) is 0 Å². The third-order valence-electron chi connectivity index (χ3n) is 1.66. The number of ether oxygens (including phenoxy) is 1. The molecule has 0 radical (unpaired) electrons. The van der Waals surface area contributed by atoms with Gasteiger partial charge in [-0.2, -0.15) is 5.26 Å². The van der Waals surface area contributed by atoms with E-state index in [4.69, 9.17) is 10.00 Å². The van der Waals surface area contributed by atoms with Crippen LogP contribution in [0.3, 0.4) is 0 Å². The van der Waals surface area contributed by atoms with Gasteiger partial charge in [0.2, 0.25) is 0 Å². The molecule has 1 unspecified atom stereocenters.